The summed E-state index contributed by atoms with van der Waals surface area (Å²) in [6.07, 6.45) is 1.88. The standard InChI is InChI=1S/C8H14F3NO3S/c1-2-3-4-7-5-15-6-12(7)16(13,14)8(9,10)11/h7H,2-6H2,1H3/t7-/m0/s1. The first-order valence-corrected chi connectivity index (χ1v) is 6.40. The molecule has 1 saturated heterocycles. The highest BCUT2D eigenvalue weighted by atomic mass is 32.2. The highest BCUT2D eigenvalue weighted by Crippen LogP contribution is 2.31. The van der Waals surface area contributed by atoms with Crippen molar-refractivity contribution >= 4 is 10.0 Å². The topological polar surface area (TPSA) is 46.6 Å². The number of unbranched alkanes of at least 4 members (excludes halogenated alkanes) is 1. The van der Waals surface area contributed by atoms with Gasteiger partial charge in [-0.15, -0.1) is 0 Å². The van der Waals surface area contributed by atoms with Gasteiger partial charge in [0.05, 0.1) is 12.6 Å². The zero-order valence-electron chi connectivity index (χ0n) is 8.83. The molecule has 0 aromatic heterocycles. The third-order valence-corrected chi connectivity index (χ3v) is 4.03. The number of sulfonamides is 1. The van der Waals surface area contributed by atoms with Crippen LogP contribution in [0.15, 0.2) is 0 Å². The van der Waals surface area contributed by atoms with Gasteiger partial charge in [-0.1, -0.05) is 19.8 Å². The van der Waals surface area contributed by atoms with Gasteiger partial charge < -0.3 is 4.74 Å². The van der Waals surface area contributed by atoms with Gasteiger partial charge in [-0.25, -0.2) is 8.42 Å². The second-order valence-electron chi connectivity index (χ2n) is 3.63. The molecule has 0 spiro atoms. The lowest BCUT2D eigenvalue weighted by molar-refractivity contribution is -0.0501. The average Bonchev–Trinajstić information content (AvgIpc) is 2.61. The van der Waals surface area contributed by atoms with Crippen LogP contribution in [-0.4, -0.2) is 37.6 Å². The number of nitrogens with zero attached hydrogens (tertiary/aromatic N) is 1. The summed E-state index contributed by atoms with van der Waals surface area (Å²) in [5.41, 5.74) is -5.24. The van der Waals surface area contributed by atoms with Gasteiger partial charge in [0.15, 0.2) is 0 Å². The fourth-order valence-corrected chi connectivity index (χ4v) is 2.57. The Morgan fingerprint density at radius 2 is 2.06 bits per heavy atom. The van der Waals surface area contributed by atoms with E-state index in [0.29, 0.717) is 17.1 Å². The fourth-order valence-electron chi connectivity index (χ4n) is 1.53. The minimum atomic E-state index is -5.25. The second kappa shape index (κ2) is 4.89. The van der Waals surface area contributed by atoms with Gasteiger partial charge >= 0.3 is 15.5 Å². The summed E-state index contributed by atoms with van der Waals surface area (Å²) in [6.45, 7) is 1.42. The van der Waals surface area contributed by atoms with Crippen LogP contribution in [0.25, 0.3) is 0 Å². The number of hydrogen-bond acceptors (Lipinski definition) is 3. The third kappa shape index (κ3) is 2.67. The van der Waals surface area contributed by atoms with E-state index >= 15 is 0 Å². The zero-order chi connectivity index (χ0) is 12.4. The highest BCUT2D eigenvalue weighted by molar-refractivity contribution is 7.90. The minimum Gasteiger partial charge on any atom is -0.363 e. The van der Waals surface area contributed by atoms with E-state index in [2.05, 4.69) is 0 Å². The second-order valence-corrected chi connectivity index (χ2v) is 5.52. The van der Waals surface area contributed by atoms with Gasteiger partial charge in [0.2, 0.25) is 0 Å². The largest absolute Gasteiger partial charge is 0.511 e. The van der Waals surface area contributed by atoms with Crippen molar-refractivity contribution in [3.63, 3.8) is 0 Å². The third-order valence-electron chi connectivity index (χ3n) is 2.43. The van der Waals surface area contributed by atoms with Crippen molar-refractivity contribution in [2.75, 3.05) is 13.3 Å². The Balaban J connectivity index is 2.79. The van der Waals surface area contributed by atoms with Crippen molar-refractivity contribution in [1.29, 1.82) is 0 Å². The summed E-state index contributed by atoms with van der Waals surface area (Å²) in [5, 5.41) is 0. The van der Waals surface area contributed by atoms with Crippen LogP contribution < -0.4 is 0 Å². The van der Waals surface area contributed by atoms with E-state index < -0.39 is 28.3 Å². The maximum absolute atomic E-state index is 12.3. The van der Waals surface area contributed by atoms with Crippen LogP contribution in [0.4, 0.5) is 13.2 Å². The van der Waals surface area contributed by atoms with E-state index in [1.54, 1.807) is 0 Å². The quantitative estimate of drug-likeness (QED) is 0.773. The summed E-state index contributed by atoms with van der Waals surface area (Å²) < 4.78 is 64.4. The van der Waals surface area contributed by atoms with Crippen LogP contribution in [0.1, 0.15) is 26.2 Å². The molecule has 96 valence electrons. The Morgan fingerprint density at radius 3 is 2.56 bits per heavy atom. The summed E-state index contributed by atoms with van der Waals surface area (Å²) >= 11 is 0. The molecule has 1 aliphatic heterocycles. The maximum Gasteiger partial charge on any atom is 0.511 e. The minimum absolute atomic E-state index is 0.0370. The van der Waals surface area contributed by atoms with Crippen LogP contribution in [0.2, 0.25) is 0 Å². The summed E-state index contributed by atoms with van der Waals surface area (Å²) in [5.74, 6) is 0. The molecule has 8 heteroatoms. The SMILES string of the molecule is CCCC[C@H]1COCN1S(=O)(=O)C(F)(F)F. The molecule has 0 aromatic rings. The number of alkyl halides is 3. The number of ether oxygens (including phenoxy) is 1. The number of rotatable bonds is 4. The molecule has 16 heavy (non-hydrogen) atoms. The fraction of sp³-hybridized carbons (Fsp3) is 1.00. The van der Waals surface area contributed by atoms with Crippen molar-refractivity contribution in [3.05, 3.63) is 0 Å². The summed E-state index contributed by atoms with van der Waals surface area (Å²) in [7, 11) is -5.25. The van der Waals surface area contributed by atoms with E-state index in [1.165, 1.54) is 0 Å². The molecule has 0 amide bonds. The number of halogens is 3. The molecule has 1 fully saturated rings. The molecule has 0 bridgehead atoms. The normalized spacial score (nSPS) is 23.9. The molecule has 1 rings (SSSR count). The Labute approximate surface area is 92.4 Å². The molecule has 0 N–H and O–H groups in total. The molecule has 0 saturated carbocycles. The zero-order valence-corrected chi connectivity index (χ0v) is 9.64. The molecule has 1 heterocycles. The van der Waals surface area contributed by atoms with Gasteiger partial charge in [-0.2, -0.15) is 17.5 Å². The first kappa shape index (κ1) is 13.7. The van der Waals surface area contributed by atoms with Crippen LogP contribution in [-0.2, 0) is 14.8 Å². The van der Waals surface area contributed by atoms with E-state index in [4.69, 9.17) is 4.74 Å². The average molecular weight is 261 g/mol. The summed E-state index contributed by atoms with van der Waals surface area (Å²) in [6, 6.07) is -0.688. The van der Waals surface area contributed by atoms with Crippen LogP contribution >= 0.6 is 0 Å². The Bertz CT molecular complexity index is 328. The lowest BCUT2D eigenvalue weighted by Gasteiger charge is -2.22. The molecule has 1 aliphatic rings. The predicted octanol–water partition coefficient (Wildman–Crippen LogP) is 1.68. The molecule has 0 aromatic carbocycles. The maximum atomic E-state index is 12.3. The molecule has 4 nitrogen and oxygen atoms in total. The predicted molar refractivity (Wildman–Crippen MR) is 50.9 cm³/mol. The van der Waals surface area contributed by atoms with Gasteiger partial charge in [-0.05, 0) is 6.42 Å². The first-order valence-electron chi connectivity index (χ1n) is 4.96. The van der Waals surface area contributed by atoms with Gasteiger partial charge in [0.1, 0.15) is 6.73 Å². The van der Waals surface area contributed by atoms with E-state index in [0.717, 1.165) is 6.42 Å². The highest BCUT2D eigenvalue weighted by Gasteiger charge is 2.53. The molecule has 1 atom stereocenters. The van der Waals surface area contributed by atoms with Gasteiger partial charge in [-0.3, -0.25) is 0 Å². The van der Waals surface area contributed by atoms with Crippen LogP contribution in [0.3, 0.4) is 0 Å². The van der Waals surface area contributed by atoms with Crippen molar-refractivity contribution in [1.82, 2.24) is 4.31 Å². The molecular formula is C8H14F3NO3S. The van der Waals surface area contributed by atoms with E-state index in [9.17, 15) is 21.6 Å². The van der Waals surface area contributed by atoms with E-state index in [-0.39, 0.29) is 6.61 Å². The monoisotopic (exact) mass is 261 g/mol. The smallest absolute Gasteiger partial charge is 0.363 e. The molecular weight excluding hydrogens is 247 g/mol. The Hall–Kier alpha value is -0.340. The van der Waals surface area contributed by atoms with Crippen LogP contribution in [0.5, 0.6) is 0 Å². The van der Waals surface area contributed by atoms with Crippen molar-refractivity contribution in [3.8, 4) is 0 Å². The van der Waals surface area contributed by atoms with Crippen LogP contribution in [0, 0.1) is 0 Å². The van der Waals surface area contributed by atoms with Crippen molar-refractivity contribution in [2.24, 2.45) is 0 Å². The lowest BCUT2D eigenvalue weighted by atomic mass is 10.1. The Morgan fingerprint density at radius 1 is 1.44 bits per heavy atom. The molecule has 0 unspecified atom stereocenters. The first-order chi connectivity index (χ1) is 7.30. The van der Waals surface area contributed by atoms with Crippen molar-refractivity contribution < 1.29 is 26.3 Å². The Kier molecular flexibility index (Phi) is 4.19. The lowest BCUT2D eigenvalue weighted by Crippen LogP contribution is -2.44. The van der Waals surface area contributed by atoms with Gasteiger partial charge in [0, 0.05) is 0 Å². The summed E-state index contributed by atoms with van der Waals surface area (Å²) in [4.78, 5) is 0. The number of hydrogen-bond donors (Lipinski definition) is 0. The van der Waals surface area contributed by atoms with Gasteiger partial charge in [0.25, 0.3) is 0 Å². The van der Waals surface area contributed by atoms with Crippen molar-refractivity contribution in [2.45, 2.75) is 37.7 Å². The molecule has 0 radical (unpaired) electrons. The van der Waals surface area contributed by atoms with E-state index in [1.807, 2.05) is 6.92 Å². The molecule has 0 aliphatic carbocycles.